The van der Waals surface area contributed by atoms with Gasteiger partial charge in [0.25, 0.3) is 0 Å². The molecule has 1 aliphatic rings. The number of nitrogens with one attached hydrogen (secondary N) is 3. The number of rotatable bonds is 8. The molecule has 12 heteroatoms. The fourth-order valence-electron chi connectivity index (χ4n) is 3.32. The summed E-state index contributed by atoms with van der Waals surface area (Å²) in [4.78, 5) is 0. The highest BCUT2D eigenvalue weighted by molar-refractivity contribution is 14.1. The molecule has 1 fully saturated rings. The van der Waals surface area contributed by atoms with Gasteiger partial charge in [0, 0.05) is 29.2 Å². The van der Waals surface area contributed by atoms with E-state index in [1.807, 2.05) is 0 Å². The van der Waals surface area contributed by atoms with Crippen molar-refractivity contribution in [3.05, 3.63) is 50.6 Å². The number of piperidine rings is 1. The van der Waals surface area contributed by atoms with E-state index in [0.717, 1.165) is 15.7 Å². The van der Waals surface area contributed by atoms with Crippen molar-refractivity contribution >= 4 is 61.5 Å². The summed E-state index contributed by atoms with van der Waals surface area (Å²) in [6.07, 6.45) is 0.642. The number of anilines is 3. The lowest BCUT2D eigenvalue weighted by Crippen LogP contribution is -2.47. The van der Waals surface area contributed by atoms with Crippen molar-refractivity contribution in [2.75, 3.05) is 29.7 Å². The molecule has 2 aromatic rings. The van der Waals surface area contributed by atoms with Gasteiger partial charge < -0.3 is 15.7 Å². The van der Waals surface area contributed by atoms with E-state index < -0.39 is 27.9 Å². The van der Waals surface area contributed by atoms with Gasteiger partial charge in [-0.25, -0.2) is 8.78 Å². The Morgan fingerprint density at radius 3 is 2.50 bits per heavy atom. The van der Waals surface area contributed by atoms with Crippen molar-refractivity contribution in [3.8, 4) is 0 Å². The highest BCUT2D eigenvalue weighted by Crippen LogP contribution is 2.34. The molecule has 1 atom stereocenters. The van der Waals surface area contributed by atoms with Gasteiger partial charge in [-0.2, -0.15) is 12.7 Å². The zero-order chi connectivity index (χ0) is 23.5. The highest BCUT2D eigenvalue weighted by atomic mass is 127. The molecule has 7 nitrogen and oxygen atoms in total. The standard InChI is InChI=1S/C20H24ClF2IN4O3S/c1-12(29)11-25-14-6-8-28(9-7-14)32(30,31)27-18-5-3-16(22)19(23)20(18)26-17-4-2-13(24)10-15(17)21/h2-5,10,12,14,25-27,29H,6-9,11H2,1H3. The smallest absolute Gasteiger partial charge is 0.301 e. The van der Waals surface area contributed by atoms with E-state index >= 15 is 0 Å². The van der Waals surface area contributed by atoms with Gasteiger partial charge in [0.15, 0.2) is 11.6 Å². The van der Waals surface area contributed by atoms with Crippen molar-refractivity contribution in [1.29, 1.82) is 0 Å². The predicted octanol–water partition coefficient (Wildman–Crippen LogP) is 4.06. The number of benzene rings is 2. The van der Waals surface area contributed by atoms with E-state index in [9.17, 15) is 22.3 Å². The van der Waals surface area contributed by atoms with Crippen molar-refractivity contribution in [3.63, 3.8) is 0 Å². The van der Waals surface area contributed by atoms with Crippen molar-refractivity contribution in [1.82, 2.24) is 9.62 Å². The first kappa shape index (κ1) is 25.4. The zero-order valence-corrected chi connectivity index (χ0v) is 20.9. The summed E-state index contributed by atoms with van der Waals surface area (Å²) in [6.45, 7) is 2.61. The van der Waals surface area contributed by atoms with Crippen LogP contribution in [0.3, 0.4) is 0 Å². The molecule has 3 rings (SSSR count). The van der Waals surface area contributed by atoms with E-state index in [1.54, 1.807) is 25.1 Å². The minimum absolute atomic E-state index is 0.0968. The molecule has 1 aliphatic heterocycles. The molecule has 0 radical (unpaired) electrons. The molecule has 176 valence electrons. The van der Waals surface area contributed by atoms with Crippen LogP contribution < -0.4 is 15.4 Å². The maximum absolute atomic E-state index is 14.6. The Kier molecular flexibility index (Phi) is 8.55. The topological polar surface area (TPSA) is 93.7 Å². The van der Waals surface area contributed by atoms with Gasteiger partial charge in [-0.15, -0.1) is 0 Å². The lowest BCUT2D eigenvalue weighted by Gasteiger charge is -2.32. The van der Waals surface area contributed by atoms with Gasteiger partial charge in [0.05, 0.1) is 22.5 Å². The third kappa shape index (κ3) is 6.41. The number of hydrogen-bond donors (Lipinski definition) is 4. The predicted molar refractivity (Wildman–Crippen MR) is 131 cm³/mol. The van der Waals surface area contributed by atoms with Crippen LogP contribution in [0.25, 0.3) is 0 Å². The molecule has 1 saturated heterocycles. The summed E-state index contributed by atoms with van der Waals surface area (Å²) < 4.78 is 58.9. The van der Waals surface area contributed by atoms with E-state index in [1.165, 1.54) is 4.31 Å². The highest BCUT2D eigenvalue weighted by Gasteiger charge is 2.29. The van der Waals surface area contributed by atoms with Crippen LogP contribution in [-0.4, -0.2) is 49.6 Å². The van der Waals surface area contributed by atoms with Crippen LogP contribution in [0, 0.1) is 15.2 Å². The minimum atomic E-state index is -4.01. The Bertz CT molecular complexity index is 1070. The molecule has 1 heterocycles. The van der Waals surface area contributed by atoms with Gasteiger partial charge in [0.2, 0.25) is 0 Å². The molecular formula is C20H24ClF2IN4O3S. The fraction of sp³-hybridized carbons (Fsp3) is 0.400. The van der Waals surface area contributed by atoms with Crippen LogP contribution in [0.1, 0.15) is 19.8 Å². The Morgan fingerprint density at radius 2 is 1.88 bits per heavy atom. The molecule has 0 amide bonds. The van der Waals surface area contributed by atoms with E-state index in [2.05, 4.69) is 37.9 Å². The quantitative estimate of drug-likeness (QED) is 0.343. The lowest BCUT2D eigenvalue weighted by atomic mass is 10.1. The molecule has 0 bridgehead atoms. The number of aliphatic hydroxyl groups excluding tert-OH is 1. The second-order valence-electron chi connectivity index (χ2n) is 7.57. The van der Waals surface area contributed by atoms with E-state index in [-0.39, 0.29) is 35.5 Å². The summed E-state index contributed by atoms with van der Waals surface area (Å²) in [6, 6.07) is 7.08. The molecule has 0 spiro atoms. The zero-order valence-electron chi connectivity index (χ0n) is 17.2. The van der Waals surface area contributed by atoms with Crippen LogP contribution in [0.5, 0.6) is 0 Å². The molecule has 0 saturated carbocycles. The Balaban J connectivity index is 1.77. The Labute approximate surface area is 204 Å². The average molecular weight is 601 g/mol. The average Bonchev–Trinajstić information content (AvgIpc) is 2.73. The van der Waals surface area contributed by atoms with Crippen molar-refractivity contribution < 1.29 is 22.3 Å². The Morgan fingerprint density at radius 1 is 1.22 bits per heavy atom. The maximum Gasteiger partial charge on any atom is 0.301 e. The molecule has 2 aromatic carbocycles. The van der Waals surface area contributed by atoms with Crippen LogP contribution in [-0.2, 0) is 10.2 Å². The van der Waals surface area contributed by atoms with Gasteiger partial charge in [0.1, 0.15) is 5.69 Å². The lowest BCUT2D eigenvalue weighted by molar-refractivity contribution is 0.177. The molecule has 32 heavy (non-hydrogen) atoms. The third-order valence-electron chi connectivity index (χ3n) is 5.02. The Hall–Kier alpha value is -1.25. The third-order valence-corrected chi connectivity index (χ3v) is 7.53. The first-order chi connectivity index (χ1) is 15.1. The molecule has 0 aliphatic carbocycles. The summed E-state index contributed by atoms with van der Waals surface area (Å²) in [5.74, 6) is -2.34. The summed E-state index contributed by atoms with van der Waals surface area (Å²) >= 11 is 8.25. The van der Waals surface area contributed by atoms with Crippen LogP contribution >= 0.6 is 34.2 Å². The fourth-order valence-corrected chi connectivity index (χ4v) is 5.50. The molecule has 0 aromatic heterocycles. The first-order valence-electron chi connectivity index (χ1n) is 9.96. The number of nitrogens with zero attached hydrogens (tertiary/aromatic N) is 1. The largest absolute Gasteiger partial charge is 0.392 e. The number of hydrogen-bond acceptors (Lipinski definition) is 5. The van der Waals surface area contributed by atoms with E-state index in [0.29, 0.717) is 25.1 Å². The van der Waals surface area contributed by atoms with Crippen molar-refractivity contribution in [2.24, 2.45) is 0 Å². The second kappa shape index (κ2) is 10.8. The summed E-state index contributed by atoms with van der Waals surface area (Å²) in [5.41, 5.74) is -0.180. The molecule has 4 N–H and O–H groups in total. The normalized spacial score (nSPS) is 16.7. The van der Waals surface area contributed by atoms with Crippen LogP contribution in [0.2, 0.25) is 5.02 Å². The van der Waals surface area contributed by atoms with E-state index in [4.69, 9.17) is 11.6 Å². The second-order valence-corrected chi connectivity index (χ2v) is 10.9. The summed E-state index contributed by atoms with van der Waals surface area (Å²) in [7, 11) is -4.01. The number of halogens is 4. The maximum atomic E-state index is 14.6. The molecule has 1 unspecified atom stereocenters. The SMILES string of the molecule is CC(O)CNC1CCN(S(=O)(=O)Nc2ccc(F)c(F)c2Nc2ccc(I)cc2Cl)CC1. The van der Waals surface area contributed by atoms with Gasteiger partial charge in [-0.3, -0.25) is 4.72 Å². The monoisotopic (exact) mass is 600 g/mol. The first-order valence-corrected chi connectivity index (χ1v) is 12.9. The van der Waals surface area contributed by atoms with Crippen molar-refractivity contribution in [2.45, 2.75) is 31.9 Å². The number of aliphatic hydroxyl groups is 1. The molecular weight excluding hydrogens is 577 g/mol. The van der Waals surface area contributed by atoms with Gasteiger partial charge in [-0.05, 0) is 72.7 Å². The van der Waals surface area contributed by atoms with Crippen LogP contribution in [0.4, 0.5) is 25.8 Å². The summed E-state index contributed by atoms with van der Waals surface area (Å²) in [5, 5.41) is 15.6. The van der Waals surface area contributed by atoms with Crippen LogP contribution in [0.15, 0.2) is 30.3 Å². The van der Waals surface area contributed by atoms with Gasteiger partial charge in [-0.1, -0.05) is 11.6 Å². The minimum Gasteiger partial charge on any atom is -0.392 e. The van der Waals surface area contributed by atoms with Gasteiger partial charge >= 0.3 is 10.2 Å².